The Hall–Kier alpha value is -6.25. The van der Waals surface area contributed by atoms with Gasteiger partial charge in [0.05, 0.1) is 16.4 Å². The van der Waals surface area contributed by atoms with Crippen molar-refractivity contribution >= 4 is 32.6 Å². The summed E-state index contributed by atoms with van der Waals surface area (Å²) in [6.07, 6.45) is 0. The molecule has 2 nitrogen and oxygen atoms in total. The van der Waals surface area contributed by atoms with Gasteiger partial charge in [-0.15, -0.1) is 0 Å². The Balaban J connectivity index is 1.12. The van der Waals surface area contributed by atoms with Crippen molar-refractivity contribution in [3.8, 4) is 44.8 Å². The van der Waals surface area contributed by atoms with E-state index in [0.717, 1.165) is 22.4 Å². The molecule has 2 aliphatic carbocycles. The summed E-state index contributed by atoms with van der Waals surface area (Å²) in [6, 6.07) is 60.8. The molecule has 1 spiro atoms. The number of imidazole rings is 1. The summed E-state index contributed by atoms with van der Waals surface area (Å²) in [6.45, 7) is 0. The molecule has 0 saturated heterocycles. The average molecular weight is 623 g/mol. The lowest BCUT2D eigenvalue weighted by atomic mass is 9.69. The Morgan fingerprint density at radius 2 is 1.08 bits per heavy atom. The standard InChI is InChI=1S/C47H30N2/c1-49-44-17-9-8-16-43(44)48-46(49)30-20-18-29(19-21-30)33-22-24-35-34(26-33)23-25-38-39-27-31-10-2-3-11-32(31)28-42(39)47(45(35)38)40-14-6-4-12-36(40)37-13-5-7-15-41(37)47/h2-28H,1H3. The third-order valence-electron chi connectivity index (χ3n) is 11.2. The molecule has 0 bridgehead atoms. The van der Waals surface area contributed by atoms with Crippen LogP contribution in [0.5, 0.6) is 0 Å². The molecule has 8 aromatic carbocycles. The van der Waals surface area contributed by atoms with Gasteiger partial charge in [0.2, 0.25) is 0 Å². The molecule has 0 saturated carbocycles. The molecule has 2 heteroatoms. The van der Waals surface area contributed by atoms with Crippen molar-refractivity contribution in [2.24, 2.45) is 7.05 Å². The molecule has 0 radical (unpaired) electrons. The maximum Gasteiger partial charge on any atom is 0.140 e. The van der Waals surface area contributed by atoms with Gasteiger partial charge >= 0.3 is 0 Å². The van der Waals surface area contributed by atoms with Gasteiger partial charge in [0.1, 0.15) is 5.82 Å². The molecule has 0 fully saturated rings. The second-order valence-corrected chi connectivity index (χ2v) is 13.6. The lowest BCUT2D eigenvalue weighted by molar-refractivity contribution is 0.802. The van der Waals surface area contributed by atoms with Crippen molar-refractivity contribution < 1.29 is 0 Å². The van der Waals surface area contributed by atoms with Crippen LogP contribution in [0.3, 0.4) is 0 Å². The molecule has 228 valence electrons. The van der Waals surface area contributed by atoms with E-state index in [-0.39, 0.29) is 0 Å². The monoisotopic (exact) mass is 622 g/mol. The summed E-state index contributed by atoms with van der Waals surface area (Å²) < 4.78 is 2.18. The third kappa shape index (κ3) is 3.48. The van der Waals surface area contributed by atoms with Crippen LogP contribution in [-0.2, 0) is 12.5 Å². The van der Waals surface area contributed by atoms with Crippen LogP contribution in [0.4, 0.5) is 0 Å². The zero-order valence-corrected chi connectivity index (χ0v) is 27.0. The molecule has 0 unspecified atom stereocenters. The SMILES string of the molecule is Cn1c(-c2ccc(-c3ccc4c5c(ccc4c3)-c3cc4ccccc4cc3C53c4ccccc4-c4ccccc43)cc2)nc2ccccc21. The van der Waals surface area contributed by atoms with Crippen LogP contribution < -0.4 is 0 Å². The Morgan fingerprint density at radius 1 is 0.449 bits per heavy atom. The van der Waals surface area contributed by atoms with Crippen LogP contribution in [0, 0.1) is 0 Å². The highest BCUT2D eigenvalue weighted by atomic mass is 15.1. The van der Waals surface area contributed by atoms with Crippen molar-refractivity contribution in [3.63, 3.8) is 0 Å². The summed E-state index contributed by atoms with van der Waals surface area (Å²) in [5.74, 6) is 0.983. The van der Waals surface area contributed by atoms with Crippen LogP contribution in [0.25, 0.3) is 77.3 Å². The first-order chi connectivity index (χ1) is 24.2. The summed E-state index contributed by atoms with van der Waals surface area (Å²) in [7, 11) is 2.09. The number of hydrogen-bond acceptors (Lipinski definition) is 1. The minimum Gasteiger partial charge on any atom is -0.327 e. The number of para-hydroxylation sites is 2. The van der Waals surface area contributed by atoms with E-state index in [1.807, 2.05) is 6.07 Å². The number of benzene rings is 8. The molecule has 9 aromatic rings. The smallest absolute Gasteiger partial charge is 0.140 e. The van der Waals surface area contributed by atoms with Crippen LogP contribution in [0.2, 0.25) is 0 Å². The highest BCUT2D eigenvalue weighted by Crippen LogP contribution is 2.64. The first kappa shape index (κ1) is 26.8. The van der Waals surface area contributed by atoms with Crippen molar-refractivity contribution in [2.45, 2.75) is 5.41 Å². The quantitative estimate of drug-likeness (QED) is 0.188. The maximum atomic E-state index is 4.92. The molecular formula is C47H30N2. The zero-order valence-electron chi connectivity index (χ0n) is 27.0. The van der Waals surface area contributed by atoms with Crippen LogP contribution in [0.1, 0.15) is 22.3 Å². The van der Waals surface area contributed by atoms with Gasteiger partial charge in [-0.05, 0) is 108 Å². The van der Waals surface area contributed by atoms with E-state index >= 15 is 0 Å². The van der Waals surface area contributed by atoms with Gasteiger partial charge < -0.3 is 4.57 Å². The van der Waals surface area contributed by atoms with Gasteiger partial charge in [0.15, 0.2) is 0 Å². The second kappa shape index (κ2) is 9.65. The second-order valence-electron chi connectivity index (χ2n) is 13.6. The predicted octanol–water partition coefficient (Wildman–Crippen LogP) is 11.6. The first-order valence-corrected chi connectivity index (χ1v) is 17.0. The Bertz CT molecular complexity index is 2790. The maximum absolute atomic E-state index is 4.92. The number of nitrogens with zero attached hydrogens (tertiary/aromatic N) is 2. The fraction of sp³-hybridized carbons (Fsp3) is 0.0426. The van der Waals surface area contributed by atoms with E-state index in [1.165, 1.54) is 77.2 Å². The molecule has 49 heavy (non-hydrogen) atoms. The highest BCUT2D eigenvalue weighted by Gasteiger charge is 2.52. The number of hydrogen-bond donors (Lipinski definition) is 0. The lowest BCUT2D eigenvalue weighted by Gasteiger charge is -2.31. The summed E-state index contributed by atoms with van der Waals surface area (Å²) in [5, 5.41) is 5.13. The van der Waals surface area contributed by atoms with Crippen LogP contribution in [-0.4, -0.2) is 9.55 Å². The van der Waals surface area contributed by atoms with Gasteiger partial charge in [0, 0.05) is 12.6 Å². The van der Waals surface area contributed by atoms with Gasteiger partial charge in [0.25, 0.3) is 0 Å². The van der Waals surface area contributed by atoms with Crippen LogP contribution in [0.15, 0.2) is 164 Å². The summed E-state index contributed by atoms with van der Waals surface area (Å²) in [5.41, 5.74) is 16.2. The topological polar surface area (TPSA) is 17.8 Å². The number of rotatable bonds is 2. The average Bonchev–Trinajstić information content (AvgIpc) is 3.77. The Kier molecular flexibility index (Phi) is 5.28. The van der Waals surface area contributed by atoms with E-state index in [2.05, 4.69) is 169 Å². The molecule has 2 aliphatic rings. The van der Waals surface area contributed by atoms with E-state index in [0.29, 0.717) is 0 Å². The molecule has 0 amide bonds. The van der Waals surface area contributed by atoms with E-state index in [9.17, 15) is 0 Å². The van der Waals surface area contributed by atoms with Crippen molar-refractivity contribution in [3.05, 3.63) is 186 Å². The largest absolute Gasteiger partial charge is 0.327 e. The Labute approximate surface area is 284 Å². The molecule has 11 rings (SSSR count). The minimum absolute atomic E-state index is 0.393. The normalized spacial score (nSPS) is 13.6. The third-order valence-corrected chi connectivity index (χ3v) is 11.2. The van der Waals surface area contributed by atoms with Crippen molar-refractivity contribution in [1.29, 1.82) is 0 Å². The highest BCUT2D eigenvalue weighted by molar-refractivity contribution is 6.06. The molecule has 1 aromatic heterocycles. The molecule has 0 N–H and O–H groups in total. The summed E-state index contributed by atoms with van der Waals surface area (Å²) >= 11 is 0. The van der Waals surface area contributed by atoms with Gasteiger partial charge in [-0.1, -0.05) is 133 Å². The van der Waals surface area contributed by atoms with E-state index < -0.39 is 5.41 Å². The number of aromatic nitrogens is 2. The molecular weight excluding hydrogens is 593 g/mol. The fourth-order valence-electron chi connectivity index (χ4n) is 9.06. The van der Waals surface area contributed by atoms with E-state index in [1.54, 1.807) is 0 Å². The van der Waals surface area contributed by atoms with Crippen molar-refractivity contribution in [2.75, 3.05) is 0 Å². The minimum atomic E-state index is -0.393. The first-order valence-electron chi connectivity index (χ1n) is 17.0. The number of aryl methyl sites for hydroxylation is 1. The van der Waals surface area contributed by atoms with Gasteiger partial charge in [-0.3, -0.25) is 0 Å². The van der Waals surface area contributed by atoms with Crippen LogP contribution >= 0.6 is 0 Å². The summed E-state index contributed by atoms with van der Waals surface area (Å²) in [4.78, 5) is 4.92. The number of fused-ring (bicyclic) bond motifs is 14. The molecule has 0 atom stereocenters. The molecule has 1 heterocycles. The lowest BCUT2D eigenvalue weighted by Crippen LogP contribution is -2.26. The van der Waals surface area contributed by atoms with Crippen molar-refractivity contribution in [1.82, 2.24) is 9.55 Å². The Morgan fingerprint density at radius 3 is 1.84 bits per heavy atom. The fourth-order valence-corrected chi connectivity index (χ4v) is 9.06. The van der Waals surface area contributed by atoms with Gasteiger partial charge in [-0.2, -0.15) is 0 Å². The van der Waals surface area contributed by atoms with E-state index in [4.69, 9.17) is 4.98 Å². The van der Waals surface area contributed by atoms with Gasteiger partial charge in [-0.25, -0.2) is 4.98 Å². The molecule has 0 aliphatic heterocycles. The predicted molar refractivity (Wildman–Crippen MR) is 203 cm³/mol. The zero-order chi connectivity index (χ0) is 32.3.